The van der Waals surface area contributed by atoms with E-state index in [-0.39, 0.29) is 5.54 Å². The average Bonchev–Trinajstić information content (AvgIpc) is 2.94. The van der Waals surface area contributed by atoms with Gasteiger partial charge in [-0.25, -0.2) is 4.98 Å². The SMILES string of the molecule is C[C@]1(c2nc3c(C(N)=O)cccc3[nH]2)CCC[NH2+]1. The molecule has 1 amide bonds. The number of benzene rings is 1. The summed E-state index contributed by atoms with van der Waals surface area (Å²) < 4.78 is 0. The van der Waals surface area contributed by atoms with Crippen LogP contribution < -0.4 is 11.1 Å². The molecule has 0 radical (unpaired) electrons. The van der Waals surface area contributed by atoms with E-state index in [4.69, 9.17) is 5.73 Å². The number of nitrogens with one attached hydrogen (secondary N) is 1. The van der Waals surface area contributed by atoms with E-state index in [9.17, 15) is 4.79 Å². The molecule has 0 saturated carbocycles. The third kappa shape index (κ3) is 1.59. The van der Waals surface area contributed by atoms with E-state index in [0.29, 0.717) is 11.1 Å². The predicted octanol–water partition coefficient (Wildman–Crippen LogP) is 0.234. The Morgan fingerprint density at radius 3 is 3.06 bits per heavy atom. The van der Waals surface area contributed by atoms with E-state index in [1.807, 2.05) is 12.1 Å². The summed E-state index contributed by atoms with van der Waals surface area (Å²) in [4.78, 5) is 19.3. The van der Waals surface area contributed by atoms with Gasteiger partial charge in [-0.1, -0.05) is 6.07 Å². The Hall–Kier alpha value is -1.88. The summed E-state index contributed by atoms with van der Waals surface area (Å²) in [7, 11) is 0. The zero-order valence-electron chi connectivity index (χ0n) is 10.4. The van der Waals surface area contributed by atoms with Crippen molar-refractivity contribution in [1.82, 2.24) is 9.97 Å². The van der Waals surface area contributed by atoms with Crippen LogP contribution in [0.2, 0.25) is 0 Å². The molecule has 3 rings (SSSR count). The number of imidazole rings is 1. The Morgan fingerprint density at radius 2 is 2.39 bits per heavy atom. The molecule has 1 aromatic heterocycles. The number of amides is 1. The molecule has 18 heavy (non-hydrogen) atoms. The number of carbonyl (C=O) groups excluding carboxylic acids is 1. The number of carbonyl (C=O) groups is 1. The summed E-state index contributed by atoms with van der Waals surface area (Å²) in [6.07, 6.45) is 2.29. The van der Waals surface area contributed by atoms with Crippen molar-refractivity contribution < 1.29 is 10.1 Å². The van der Waals surface area contributed by atoms with Crippen LogP contribution in [0.1, 0.15) is 35.9 Å². The summed E-state index contributed by atoms with van der Waals surface area (Å²) in [5.74, 6) is 0.503. The van der Waals surface area contributed by atoms with Gasteiger partial charge in [-0.3, -0.25) is 4.79 Å². The molecule has 2 aromatic rings. The van der Waals surface area contributed by atoms with Gasteiger partial charge in [-0.2, -0.15) is 0 Å². The highest BCUT2D eigenvalue weighted by molar-refractivity contribution is 6.04. The maximum absolute atomic E-state index is 11.4. The Labute approximate surface area is 105 Å². The topological polar surface area (TPSA) is 88.4 Å². The van der Waals surface area contributed by atoms with Crippen LogP contribution >= 0.6 is 0 Å². The maximum atomic E-state index is 11.4. The summed E-state index contributed by atoms with van der Waals surface area (Å²) in [6, 6.07) is 5.47. The Morgan fingerprint density at radius 1 is 1.56 bits per heavy atom. The number of H-pyrrole nitrogens is 1. The van der Waals surface area contributed by atoms with Crippen LogP contribution in [-0.4, -0.2) is 22.4 Å². The molecule has 0 aliphatic carbocycles. The molecule has 1 fully saturated rings. The maximum Gasteiger partial charge on any atom is 0.250 e. The first-order valence-electron chi connectivity index (χ1n) is 6.23. The van der Waals surface area contributed by atoms with Gasteiger partial charge in [0.1, 0.15) is 5.52 Å². The molecule has 0 unspecified atom stereocenters. The van der Waals surface area contributed by atoms with Crippen LogP contribution in [0.25, 0.3) is 11.0 Å². The molecule has 5 nitrogen and oxygen atoms in total. The zero-order chi connectivity index (χ0) is 12.8. The second-order valence-electron chi connectivity index (χ2n) is 5.17. The Balaban J connectivity index is 2.16. The Bertz CT molecular complexity index is 610. The fourth-order valence-corrected chi connectivity index (χ4v) is 2.71. The molecular weight excluding hydrogens is 228 g/mol. The van der Waals surface area contributed by atoms with Crippen molar-refractivity contribution in [3.05, 3.63) is 29.6 Å². The van der Waals surface area contributed by atoms with E-state index in [1.165, 1.54) is 6.42 Å². The lowest BCUT2D eigenvalue weighted by atomic mass is 10.00. The minimum absolute atomic E-state index is 0.00602. The van der Waals surface area contributed by atoms with Gasteiger partial charge in [0, 0.05) is 12.8 Å². The predicted molar refractivity (Wildman–Crippen MR) is 68.0 cm³/mol. The molecule has 94 valence electrons. The molecule has 0 bridgehead atoms. The highest BCUT2D eigenvalue weighted by Gasteiger charge is 2.37. The quantitative estimate of drug-likeness (QED) is 0.707. The third-order valence-electron chi connectivity index (χ3n) is 3.81. The highest BCUT2D eigenvalue weighted by Crippen LogP contribution is 2.25. The van der Waals surface area contributed by atoms with Gasteiger partial charge in [-0.05, 0) is 19.1 Å². The number of para-hydroxylation sites is 1. The van der Waals surface area contributed by atoms with Crippen LogP contribution in [0.5, 0.6) is 0 Å². The van der Waals surface area contributed by atoms with Crippen molar-refractivity contribution >= 4 is 16.9 Å². The van der Waals surface area contributed by atoms with Gasteiger partial charge in [0.25, 0.3) is 5.91 Å². The highest BCUT2D eigenvalue weighted by atomic mass is 16.1. The zero-order valence-corrected chi connectivity index (χ0v) is 10.4. The van der Waals surface area contributed by atoms with E-state index in [1.54, 1.807) is 6.07 Å². The molecule has 1 aromatic carbocycles. The Kier molecular flexibility index (Phi) is 2.38. The van der Waals surface area contributed by atoms with Crippen molar-refractivity contribution in [3.8, 4) is 0 Å². The van der Waals surface area contributed by atoms with Crippen molar-refractivity contribution in [1.29, 1.82) is 0 Å². The molecular formula is C13H17N4O+. The van der Waals surface area contributed by atoms with Gasteiger partial charge in [0.2, 0.25) is 0 Å². The number of primary amides is 1. The van der Waals surface area contributed by atoms with Gasteiger partial charge in [0.05, 0.1) is 17.6 Å². The van der Waals surface area contributed by atoms with Crippen LogP contribution in [0.15, 0.2) is 18.2 Å². The third-order valence-corrected chi connectivity index (χ3v) is 3.81. The molecule has 0 spiro atoms. The lowest BCUT2D eigenvalue weighted by Crippen LogP contribution is -2.90. The number of fused-ring (bicyclic) bond motifs is 1. The van der Waals surface area contributed by atoms with Gasteiger partial charge in [0.15, 0.2) is 11.4 Å². The molecule has 1 aliphatic rings. The number of rotatable bonds is 2. The largest absolute Gasteiger partial charge is 0.366 e. The minimum Gasteiger partial charge on any atom is -0.366 e. The number of quaternary nitrogens is 1. The van der Waals surface area contributed by atoms with Crippen LogP contribution in [0.4, 0.5) is 0 Å². The average molecular weight is 245 g/mol. The summed E-state index contributed by atoms with van der Waals surface area (Å²) in [5, 5.41) is 2.30. The van der Waals surface area contributed by atoms with E-state index >= 15 is 0 Å². The summed E-state index contributed by atoms with van der Waals surface area (Å²) in [6.45, 7) is 3.30. The standard InChI is InChI=1S/C13H16N4O/c1-13(6-3-7-15-13)12-16-9-5-2-4-8(11(14)18)10(9)17-12/h2,4-5,15H,3,6-7H2,1H3,(H2,14,18)(H,16,17)/p+1/t13-/m1/s1. The lowest BCUT2D eigenvalue weighted by Gasteiger charge is -2.17. The molecule has 5 heteroatoms. The second kappa shape index (κ2) is 3.81. The van der Waals surface area contributed by atoms with E-state index in [2.05, 4.69) is 22.2 Å². The molecule has 1 atom stereocenters. The normalized spacial score (nSPS) is 23.6. The first-order chi connectivity index (χ1) is 8.60. The number of hydrogen-bond acceptors (Lipinski definition) is 2. The van der Waals surface area contributed by atoms with Crippen molar-refractivity contribution in [2.75, 3.05) is 6.54 Å². The monoisotopic (exact) mass is 245 g/mol. The first kappa shape index (κ1) is 11.2. The van der Waals surface area contributed by atoms with E-state index < -0.39 is 5.91 Å². The summed E-state index contributed by atoms with van der Waals surface area (Å²) in [5.41, 5.74) is 7.41. The second-order valence-corrected chi connectivity index (χ2v) is 5.17. The van der Waals surface area contributed by atoms with Crippen LogP contribution in [0, 0.1) is 0 Å². The molecule has 2 heterocycles. The molecule has 1 saturated heterocycles. The number of aromatic amines is 1. The lowest BCUT2D eigenvalue weighted by molar-refractivity contribution is -0.714. The summed E-state index contributed by atoms with van der Waals surface area (Å²) >= 11 is 0. The number of nitrogens with zero attached hydrogens (tertiary/aromatic N) is 1. The number of nitrogens with two attached hydrogens (primary N) is 2. The van der Waals surface area contributed by atoms with Crippen LogP contribution in [0.3, 0.4) is 0 Å². The van der Waals surface area contributed by atoms with Crippen molar-refractivity contribution in [3.63, 3.8) is 0 Å². The number of hydrogen-bond donors (Lipinski definition) is 3. The minimum atomic E-state index is -0.431. The first-order valence-corrected chi connectivity index (χ1v) is 6.23. The van der Waals surface area contributed by atoms with E-state index in [0.717, 1.165) is 24.3 Å². The van der Waals surface area contributed by atoms with Crippen molar-refractivity contribution in [2.24, 2.45) is 5.73 Å². The molecule has 5 N–H and O–H groups in total. The molecule has 1 aliphatic heterocycles. The fourth-order valence-electron chi connectivity index (χ4n) is 2.71. The van der Waals surface area contributed by atoms with Gasteiger partial charge >= 0.3 is 0 Å². The van der Waals surface area contributed by atoms with Gasteiger partial charge < -0.3 is 16.0 Å². The smallest absolute Gasteiger partial charge is 0.250 e. The van der Waals surface area contributed by atoms with Gasteiger partial charge in [-0.15, -0.1) is 0 Å². The fraction of sp³-hybridized carbons (Fsp3) is 0.385. The van der Waals surface area contributed by atoms with Crippen LogP contribution in [-0.2, 0) is 5.54 Å². The number of aromatic nitrogens is 2. The van der Waals surface area contributed by atoms with Crippen molar-refractivity contribution in [2.45, 2.75) is 25.3 Å².